The summed E-state index contributed by atoms with van der Waals surface area (Å²) in [6, 6.07) is 10.2. The molecule has 128 valence electrons. The van der Waals surface area contributed by atoms with Crippen molar-refractivity contribution in [1.29, 1.82) is 0 Å². The fourth-order valence-corrected chi connectivity index (χ4v) is 2.61. The molecule has 1 heterocycles. The number of carboxylic acids is 1. The van der Waals surface area contributed by atoms with E-state index in [1.54, 1.807) is 19.1 Å². The lowest BCUT2D eigenvalue weighted by Gasteiger charge is -2.33. The third kappa shape index (κ3) is 3.14. The lowest BCUT2D eigenvalue weighted by atomic mass is 10.1. The van der Waals surface area contributed by atoms with Gasteiger partial charge in [-0.15, -0.1) is 0 Å². The van der Waals surface area contributed by atoms with Gasteiger partial charge in [0.2, 0.25) is 0 Å². The first-order valence-electron chi connectivity index (χ1n) is 7.45. The molecule has 8 heteroatoms. The van der Waals surface area contributed by atoms with E-state index in [1.807, 2.05) is 0 Å². The predicted molar refractivity (Wildman–Crippen MR) is 87.8 cm³/mol. The van der Waals surface area contributed by atoms with Crippen LogP contribution in [0, 0.1) is 10.1 Å². The molecule has 2 aromatic carbocycles. The second-order valence-electron chi connectivity index (χ2n) is 5.60. The molecule has 0 saturated heterocycles. The van der Waals surface area contributed by atoms with E-state index in [1.165, 1.54) is 35.2 Å². The molecule has 0 fully saturated rings. The Morgan fingerprint density at radius 1 is 1.28 bits per heavy atom. The number of carbonyl (C=O) groups is 2. The molecule has 8 nitrogen and oxygen atoms in total. The second-order valence-corrected chi connectivity index (χ2v) is 5.60. The Morgan fingerprint density at radius 2 is 1.96 bits per heavy atom. The topological polar surface area (TPSA) is 110 Å². The molecular formula is C17H14N2O6. The first-order chi connectivity index (χ1) is 11.9. The zero-order chi connectivity index (χ0) is 18.1. The Labute approximate surface area is 142 Å². The summed E-state index contributed by atoms with van der Waals surface area (Å²) in [5, 5.41) is 19.8. The van der Waals surface area contributed by atoms with E-state index in [4.69, 9.17) is 9.84 Å². The summed E-state index contributed by atoms with van der Waals surface area (Å²) < 4.78 is 5.51. The monoisotopic (exact) mass is 342 g/mol. The van der Waals surface area contributed by atoms with Gasteiger partial charge in [-0.05, 0) is 30.7 Å². The van der Waals surface area contributed by atoms with E-state index in [0.717, 1.165) is 0 Å². The van der Waals surface area contributed by atoms with E-state index in [-0.39, 0.29) is 23.7 Å². The van der Waals surface area contributed by atoms with Crippen molar-refractivity contribution in [2.45, 2.75) is 19.6 Å². The van der Waals surface area contributed by atoms with E-state index in [0.29, 0.717) is 17.0 Å². The summed E-state index contributed by atoms with van der Waals surface area (Å²) in [5.41, 5.74) is 1.21. The van der Waals surface area contributed by atoms with Gasteiger partial charge in [0.05, 0.1) is 22.7 Å². The standard InChI is InChI=1S/C17H14N2O6/c1-10-16(20)18(9-11-2-5-13(6-3-11)19(23)24)14-7-4-12(17(21)22)8-15(14)25-10/h2-8,10H,9H2,1H3,(H,21,22). The van der Waals surface area contributed by atoms with Crippen molar-refractivity contribution >= 4 is 23.3 Å². The van der Waals surface area contributed by atoms with E-state index in [2.05, 4.69) is 0 Å². The summed E-state index contributed by atoms with van der Waals surface area (Å²) in [5.74, 6) is -1.04. The lowest BCUT2D eigenvalue weighted by Crippen LogP contribution is -2.44. The van der Waals surface area contributed by atoms with Crippen LogP contribution in [0.5, 0.6) is 5.75 Å². The average Bonchev–Trinajstić information content (AvgIpc) is 2.58. The molecule has 0 saturated carbocycles. The normalized spacial score (nSPS) is 16.1. The summed E-state index contributed by atoms with van der Waals surface area (Å²) in [7, 11) is 0. The summed E-state index contributed by atoms with van der Waals surface area (Å²) >= 11 is 0. The van der Waals surface area contributed by atoms with Crippen LogP contribution in [0.4, 0.5) is 11.4 Å². The van der Waals surface area contributed by atoms with Crippen LogP contribution >= 0.6 is 0 Å². The molecule has 25 heavy (non-hydrogen) atoms. The number of nitrogens with zero attached hydrogens (tertiary/aromatic N) is 2. The van der Waals surface area contributed by atoms with Crippen LogP contribution < -0.4 is 9.64 Å². The highest BCUT2D eigenvalue weighted by atomic mass is 16.6. The van der Waals surface area contributed by atoms with Gasteiger partial charge in [-0.1, -0.05) is 12.1 Å². The molecule has 0 bridgehead atoms. The van der Waals surface area contributed by atoms with Crippen LogP contribution in [0.15, 0.2) is 42.5 Å². The minimum atomic E-state index is -1.09. The molecule has 1 aliphatic rings. The number of nitro groups is 1. The predicted octanol–water partition coefficient (Wildman–Crippen LogP) is 2.61. The Hall–Kier alpha value is -3.42. The highest BCUT2D eigenvalue weighted by Crippen LogP contribution is 2.36. The Morgan fingerprint density at radius 3 is 2.56 bits per heavy atom. The number of hydrogen-bond acceptors (Lipinski definition) is 5. The molecule has 0 radical (unpaired) electrons. The van der Waals surface area contributed by atoms with Crippen LogP contribution in [-0.2, 0) is 11.3 Å². The van der Waals surface area contributed by atoms with E-state index in [9.17, 15) is 19.7 Å². The third-order valence-electron chi connectivity index (χ3n) is 3.90. The van der Waals surface area contributed by atoms with Crippen molar-refractivity contribution in [3.8, 4) is 5.75 Å². The van der Waals surface area contributed by atoms with Crippen LogP contribution in [0.2, 0.25) is 0 Å². The van der Waals surface area contributed by atoms with Gasteiger partial charge in [-0.2, -0.15) is 0 Å². The van der Waals surface area contributed by atoms with Crippen LogP contribution in [-0.4, -0.2) is 28.0 Å². The van der Waals surface area contributed by atoms with Crippen LogP contribution in [0.3, 0.4) is 0 Å². The quantitative estimate of drug-likeness (QED) is 0.675. The Kier molecular flexibility index (Phi) is 4.10. The molecule has 1 N–H and O–H groups in total. The first kappa shape index (κ1) is 16.4. The van der Waals surface area contributed by atoms with Crippen molar-refractivity contribution in [2.75, 3.05) is 4.90 Å². The fraction of sp³-hybridized carbons (Fsp3) is 0.176. The minimum Gasteiger partial charge on any atom is -0.479 e. The molecule has 2 aromatic rings. The first-order valence-corrected chi connectivity index (χ1v) is 7.45. The summed E-state index contributed by atoms with van der Waals surface area (Å²) in [6.45, 7) is 1.78. The van der Waals surface area contributed by atoms with Crippen LogP contribution in [0.1, 0.15) is 22.8 Å². The maximum absolute atomic E-state index is 12.5. The molecule has 1 atom stereocenters. The average molecular weight is 342 g/mol. The fourth-order valence-electron chi connectivity index (χ4n) is 2.61. The number of benzene rings is 2. The maximum Gasteiger partial charge on any atom is 0.335 e. The molecule has 0 spiro atoms. The largest absolute Gasteiger partial charge is 0.479 e. The van der Waals surface area contributed by atoms with Crippen molar-refractivity contribution in [2.24, 2.45) is 0 Å². The van der Waals surface area contributed by atoms with E-state index < -0.39 is 17.0 Å². The van der Waals surface area contributed by atoms with E-state index >= 15 is 0 Å². The van der Waals surface area contributed by atoms with Crippen LogP contribution in [0.25, 0.3) is 0 Å². The zero-order valence-electron chi connectivity index (χ0n) is 13.2. The number of ether oxygens (including phenoxy) is 1. The third-order valence-corrected chi connectivity index (χ3v) is 3.90. The van der Waals surface area contributed by atoms with Gasteiger partial charge in [-0.25, -0.2) is 4.79 Å². The minimum absolute atomic E-state index is 0.0306. The number of amides is 1. The van der Waals surface area contributed by atoms with Gasteiger partial charge in [0.1, 0.15) is 5.75 Å². The second kappa shape index (κ2) is 6.23. The van der Waals surface area contributed by atoms with Crippen molar-refractivity contribution in [3.63, 3.8) is 0 Å². The number of aromatic carboxylic acids is 1. The number of carbonyl (C=O) groups excluding carboxylic acids is 1. The number of anilines is 1. The van der Waals surface area contributed by atoms with Gasteiger partial charge >= 0.3 is 5.97 Å². The van der Waals surface area contributed by atoms with Crippen molar-refractivity contribution in [3.05, 3.63) is 63.7 Å². The Bertz CT molecular complexity index is 862. The molecule has 3 rings (SSSR count). The van der Waals surface area contributed by atoms with Gasteiger partial charge < -0.3 is 14.7 Å². The van der Waals surface area contributed by atoms with Crippen molar-refractivity contribution < 1.29 is 24.4 Å². The van der Waals surface area contributed by atoms with Gasteiger partial charge in [-0.3, -0.25) is 14.9 Å². The van der Waals surface area contributed by atoms with Gasteiger partial charge in [0.25, 0.3) is 11.6 Å². The highest BCUT2D eigenvalue weighted by Gasteiger charge is 2.32. The molecular weight excluding hydrogens is 328 g/mol. The number of hydrogen-bond donors (Lipinski definition) is 1. The zero-order valence-corrected chi connectivity index (χ0v) is 13.2. The summed E-state index contributed by atoms with van der Waals surface area (Å²) in [6.07, 6.45) is -0.755. The smallest absolute Gasteiger partial charge is 0.335 e. The number of non-ortho nitro benzene ring substituents is 1. The Balaban J connectivity index is 1.94. The molecule has 1 unspecified atom stereocenters. The van der Waals surface area contributed by atoms with Crippen molar-refractivity contribution in [1.82, 2.24) is 0 Å². The van der Waals surface area contributed by atoms with Gasteiger partial charge in [0.15, 0.2) is 6.10 Å². The maximum atomic E-state index is 12.5. The summed E-state index contributed by atoms with van der Waals surface area (Å²) in [4.78, 5) is 35.3. The number of carboxylic acid groups (broad SMARTS) is 1. The number of rotatable bonds is 4. The highest BCUT2D eigenvalue weighted by molar-refractivity contribution is 6.00. The molecule has 0 aromatic heterocycles. The lowest BCUT2D eigenvalue weighted by molar-refractivity contribution is -0.384. The number of fused-ring (bicyclic) bond motifs is 1. The number of nitro benzene ring substituents is 1. The SMILES string of the molecule is CC1Oc2cc(C(=O)O)ccc2N(Cc2ccc([N+](=O)[O-])cc2)C1=O. The molecule has 1 amide bonds. The van der Waals surface area contributed by atoms with Gasteiger partial charge in [0, 0.05) is 12.1 Å². The molecule has 1 aliphatic heterocycles. The molecule has 0 aliphatic carbocycles.